The van der Waals surface area contributed by atoms with Crippen LogP contribution >= 0.6 is 0 Å². The third kappa shape index (κ3) is 21.2. The van der Waals surface area contributed by atoms with E-state index >= 15 is 0 Å². The van der Waals surface area contributed by atoms with E-state index in [1.54, 1.807) is 27.7 Å². The number of nitrogens with zero attached hydrogens (tertiary/aromatic N) is 8. The average Bonchev–Trinajstić information content (AvgIpc) is 2.94. The van der Waals surface area contributed by atoms with Crippen LogP contribution in [0, 0.1) is 0 Å². The molecule has 0 N–H and O–H groups in total. The maximum Gasteiger partial charge on any atom is 0.143 e. The van der Waals surface area contributed by atoms with Crippen LogP contribution in [0.15, 0.2) is 0 Å². The molecule has 0 aromatic carbocycles. The molecule has 256 valence electrons. The van der Waals surface area contributed by atoms with Gasteiger partial charge in [0.2, 0.25) is 0 Å². The van der Waals surface area contributed by atoms with Crippen LogP contribution in [0.25, 0.3) is 0 Å². The van der Waals surface area contributed by atoms with Gasteiger partial charge in [0.05, 0.1) is 26.2 Å². The minimum Gasteiger partial charge on any atom is -0.304 e. The quantitative estimate of drug-likeness (QED) is 0.342. The molecule has 0 unspecified atom stereocenters. The third-order valence-corrected chi connectivity index (χ3v) is 8.17. The molecule has 0 bridgehead atoms. The van der Waals surface area contributed by atoms with Gasteiger partial charge in [-0.1, -0.05) is 0 Å². The highest BCUT2D eigenvalue weighted by Gasteiger charge is 2.16. The van der Waals surface area contributed by atoms with Gasteiger partial charge in [0.1, 0.15) is 23.1 Å². The van der Waals surface area contributed by atoms with Crippen molar-refractivity contribution in [3.05, 3.63) is 0 Å². The molecule has 0 amide bonds. The summed E-state index contributed by atoms with van der Waals surface area (Å²) in [5, 5.41) is 0. The zero-order chi connectivity index (χ0) is 33.1. The van der Waals surface area contributed by atoms with Gasteiger partial charge in [-0.3, -0.25) is 38.8 Å². The summed E-state index contributed by atoms with van der Waals surface area (Å²) in [4.78, 5) is 60.9. The molecule has 12 nitrogen and oxygen atoms in total. The number of likely N-dealkylation sites (N-methyl/N-ethyl adjacent to an activating group) is 4. The number of piperazine rings is 4. The van der Waals surface area contributed by atoms with Crippen LogP contribution in [0.5, 0.6) is 0 Å². The van der Waals surface area contributed by atoms with E-state index in [-0.39, 0.29) is 23.1 Å². The number of rotatable bonds is 8. The lowest BCUT2D eigenvalue weighted by Gasteiger charge is -2.31. The average molecular weight is 625 g/mol. The van der Waals surface area contributed by atoms with E-state index in [0.717, 1.165) is 105 Å². The van der Waals surface area contributed by atoms with Crippen LogP contribution in [0.1, 0.15) is 27.7 Å². The Morgan fingerprint density at radius 2 is 0.455 bits per heavy atom. The molecule has 4 fully saturated rings. The van der Waals surface area contributed by atoms with Crippen molar-refractivity contribution < 1.29 is 19.2 Å². The lowest BCUT2D eigenvalue weighted by Crippen LogP contribution is -2.45. The molecule has 0 aromatic rings. The predicted molar refractivity (Wildman–Crippen MR) is 178 cm³/mol. The Labute approximate surface area is 268 Å². The number of carbonyl (C=O) groups is 4. The maximum absolute atomic E-state index is 10.7. The molecular formula is C32H64N8O4. The molecule has 0 radical (unpaired) electrons. The number of carbonyl (C=O) groups excluding carboxylic acids is 4. The van der Waals surface area contributed by atoms with Crippen molar-refractivity contribution >= 4 is 23.1 Å². The van der Waals surface area contributed by atoms with Crippen LogP contribution in [0.2, 0.25) is 0 Å². The number of hydrogen-bond donors (Lipinski definition) is 0. The fraction of sp³-hybridized carbons (Fsp3) is 0.875. The zero-order valence-corrected chi connectivity index (χ0v) is 29.4. The fourth-order valence-electron chi connectivity index (χ4n) is 5.28. The summed E-state index contributed by atoms with van der Waals surface area (Å²) in [5.74, 6) is 1.09. The van der Waals surface area contributed by atoms with Gasteiger partial charge in [0.15, 0.2) is 0 Å². The summed E-state index contributed by atoms with van der Waals surface area (Å²) in [6, 6.07) is 0. The van der Waals surface area contributed by atoms with Crippen LogP contribution in [0.3, 0.4) is 0 Å². The van der Waals surface area contributed by atoms with Gasteiger partial charge in [-0.05, 0) is 55.9 Å². The van der Waals surface area contributed by atoms with Gasteiger partial charge in [0, 0.05) is 105 Å². The molecule has 44 heavy (non-hydrogen) atoms. The van der Waals surface area contributed by atoms with E-state index in [4.69, 9.17) is 0 Å². The van der Waals surface area contributed by atoms with Crippen LogP contribution < -0.4 is 0 Å². The first kappa shape index (κ1) is 40.4. The van der Waals surface area contributed by atoms with Crippen molar-refractivity contribution in [3.63, 3.8) is 0 Å². The Hall–Kier alpha value is -1.64. The normalized spacial score (nSPS) is 22.0. The maximum atomic E-state index is 10.7. The second kappa shape index (κ2) is 22.8. The van der Waals surface area contributed by atoms with Crippen molar-refractivity contribution in [1.29, 1.82) is 0 Å². The van der Waals surface area contributed by atoms with Crippen LogP contribution in [-0.4, -0.2) is 221 Å². The standard InChI is InChI=1S/4C8H16N2O/c4*1-8(11)7-10-5-3-9(2)4-6-10/h4*3-7H2,1-2H3. The van der Waals surface area contributed by atoms with Crippen LogP contribution in [0.4, 0.5) is 0 Å². The summed E-state index contributed by atoms with van der Waals surface area (Å²) < 4.78 is 0. The summed E-state index contributed by atoms with van der Waals surface area (Å²) in [6.07, 6.45) is 0. The highest BCUT2D eigenvalue weighted by atomic mass is 16.1. The highest BCUT2D eigenvalue weighted by molar-refractivity contribution is 5.78. The smallest absolute Gasteiger partial charge is 0.143 e. The second-order valence-corrected chi connectivity index (χ2v) is 13.1. The first-order valence-corrected chi connectivity index (χ1v) is 16.3. The molecule has 0 spiro atoms. The predicted octanol–water partition coefficient (Wildman–Crippen LogP) is -0.709. The Bertz CT molecular complexity index is 692. The van der Waals surface area contributed by atoms with Crippen molar-refractivity contribution in [2.45, 2.75) is 27.7 Å². The lowest BCUT2D eigenvalue weighted by atomic mass is 10.3. The van der Waals surface area contributed by atoms with Gasteiger partial charge < -0.3 is 19.6 Å². The Morgan fingerprint density at radius 3 is 0.568 bits per heavy atom. The van der Waals surface area contributed by atoms with E-state index in [0.29, 0.717) is 26.2 Å². The van der Waals surface area contributed by atoms with E-state index in [9.17, 15) is 19.2 Å². The van der Waals surface area contributed by atoms with Gasteiger partial charge in [-0.2, -0.15) is 0 Å². The third-order valence-electron chi connectivity index (χ3n) is 8.17. The van der Waals surface area contributed by atoms with Crippen molar-refractivity contribution in [1.82, 2.24) is 39.2 Å². The molecular weight excluding hydrogens is 560 g/mol. The van der Waals surface area contributed by atoms with Crippen molar-refractivity contribution in [2.75, 3.05) is 159 Å². The summed E-state index contributed by atoms with van der Waals surface area (Å²) in [5.41, 5.74) is 0. The Kier molecular flexibility index (Phi) is 20.9. The van der Waals surface area contributed by atoms with Gasteiger partial charge in [-0.15, -0.1) is 0 Å². The lowest BCUT2D eigenvalue weighted by molar-refractivity contribution is -0.119. The molecule has 4 aliphatic rings. The molecule has 0 aromatic heterocycles. The van der Waals surface area contributed by atoms with E-state index in [1.165, 1.54) is 0 Å². The Balaban J connectivity index is 0.000000293. The zero-order valence-electron chi connectivity index (χ0n) is 29.4. The number of hydrogen-bond acceptors (Lipinski definition) is 12. The largest absolute Gasteiger partial charge is 0.304 e. The summed E-state index contributed by atoms with van der Waals surface area (Å²) in [7, 11) is 8.46. The monoisotopic (exact) mass is 625 g/mol. The molecule has 0 saturated carbocycles. The fourth-order valence-corrected chi connectivity index (χ4v) is 5.28. The van der Waals surface area contributed by atoms with E-state index in [1.807, 2.05) is 0 Å². The highest BCUT2D eigenvalue weighted by Crippen LogP contribution is 2.00. The molecule has 4 aliphatic heterocycles. The molecule has 12 heteroatoms. The first-order chi connectivity index (χ1) is 20.7. The topological polar surface area (TPSA) is 94.2 Å². The second-order valence-electron chi connectivity index (χ2n) is 13.1. The summed E-state index contributed by atoms with van der Waals surface area (Å²) >= 11 is 0. The molecule has 0 aliphatic carbocycles. The molecule has 0 atom stereocenters. The Morgan fingerprint density at radius 1 is 0.318 bits per heavy atom. The van der Waals surface area contributed by atoms with Crippen LogP contribution in [-0.2, 0) is 19.2 Å². The molecule has 4 saturated heterocycles. The summed E-state index contributed by atoms with van der Waals surface area (Å²) in [6.45, 7) is 26.2. The molecule has 4 rings (SSSR count). The number of ketones is 4. The molecule has 4 heterocycles. The van der Waals surface area contributed by atoms with E-state index in [2.05, 4.69) is 67.4 Å². The first-order valence-electron chi connectivity index (χ1n) is 16.3. The van der Waals surface area contributed by atoms with Gasteiger partial charge in [-0.25, -0.2) is 0 Å². The van der Waals surface area contributed by atoms with Gasteiger partial charge >= 0.3 is 0 Å². The SMILES string of the molecule is CC(=O)CN1CCN(C)CC1.CC(=O)CN1CCN(C)CC1.CC(=O)CN1CCN(C)CC1.CC(=O)CN1CCN(C)CC1. The number of Topliss-reactive ketones (excluding diaryl/α,β-unsaturated/α-hetero) is 4. The minimum atomic E-state index is 0.273. The van der Waals surface area contributed by atoms with Crippen molar-refractivity contribution in [3.8, 4) is 0 Å². The van der Waals surface area contributed by atoms with Crippen molar-refractivity contribution in [2.24, 2.45) is 0 Å². The minimum absolute atomic E-state index is 0.273. The van der Waals surface area contributed by atoms with Gasteiger partial charge in [0.25, 0.3) is 0 Å². The van der Waals surface area contributed by atoms with E-state index < -0.39 is 0 Å².